The van der Waals surface area contributed by atoms with Gasteiger partial charge in [0.25, 0.3) is 11.8 Å². The molecule has 27 heavy (non-hydrogen) atoms. The Balaban J connectivity index is 1.47. The highest BCUT2D eigenvalue weighted by atomic mass is 35.5. The summed E-state index contributed by atoms with van der Waals surface area (Å²) in [6, 6.07) is 12.5. The number of halogens is 1. The zero-order valence-corrected chi connectivity index (χ0v) is 15.7. The van der Waals surface area contributed by atoms with Gasteiger partial charge in [-0.15, -0.1) is 0 Å². The fraction of sp³-hybridized carbons (Fsp3) is 0.286. The molecular weight excluding hydrogens is 364 g/mol. The molecule has 0 saturated carbocycles. The summed E-state index contributed by atoms with van der Waals surface area (Å²) in [6.07, 6.45) is 0.908. The third kappa shape index (κ3) is 3.12. The lowest BCUT2D eigenvalue weighted by atomic mass is 10.1. The smallest absolute Gasteiger partial charge is 0.263 e. The maximum Gasteiger partial charge on any atom is 0.263 e. The molecule has 2 aromatic carbocycles. The molecule has 0 aromatic heterocycles. The third-order valence-electron chi connectivity index (χ3n) is 5.21. The van der Waals surface area contributed by atoms with E-state index in [9.17, 15) is 14.4 Å². The first kappa shape index (κ1) is 17.7. The van der Waals surface area contributed by atoms with E-state index in [1.165, 1.54) is 4.90 Å². The molecule has 5 nitrogen and oxygen atoms in total. The van der Waals surface area contributed by atoms with Crippen LogP contribution in [0.25, 0.3) is 0 Å². The summed E-state index contributed by atoms with van der Waals surface area (Å²) in [5.74, 6) is -0.674. The van der Waals surface area contributed by atoms with Crippen LogP contribution in [0.15, 0.2) is 42.5 Å². The standard InChI is InChI=1S/C21H19ClN2O3/c1-13-4-2-5-14(10-13)11-18(25)23-9-8-15(12-23)24-20(26)16-6-3-7-17(22)19(16)21(24)27/h2-7,10,15H,8-9,11-12H2,1H3. The van der Waals surface area contributed by atoms with Gasteiger partial charge in [0.05, 0.1) is 28.6 Å². The van der Waals surface area contributed by atoms with Gasteiger partial charge in [-0.3, -0.25) is 19.3 Å². The Morgan fingerprint density at radius 1 is 1.15 bits per heavy atom. The van der Waals surface area contributed by atoms with Crippen molar-refractivity contribution in [3.63, 3.8) is 0 Å². The van der Waals surface area contributed by atoms with Crippen LogP contribution in [0.1, 0.15) is 38.3 Å². The molecular formula is C21H19ClN2O3. The van der Waals surface area contributed by atoms with Gasteiger partial charge in [0.15, 0.2) is 0 Å². The molecule has 1 atom stereocenters. The second-order valence-electron chi connectivity index (χ2n) is 7.09. The maximum absolute atomic E-state index is 12.7. The number of likely N-dealkylation sites (tertiary alicyclic amines) is 1. The molecule has 2 aliphatic rings. The van der Waals surface area contributed by atoms with Crippen molar-refractivity contribution < 1.29 is 14.4 Å². The molecule has 6 heteroatoms. The molecule has 2 aromatic rings. The summed E-state index contributed by atoms with van der Waals surface area (Å²) >= 11 is 6.12. The largest absolute Gasteiger partial charge is 0.340 e. The van der Waals surface area contributed by atoms with Gasteiger partial charge in [-0.05, 0) is 31.0 Å². The van der Waals surface area contributed by atoms with E-state index in [-0.39, 0.29) is 29.3 Å². The molecule has 0 N–H and O–H groups in total. The minimum absolute atomic E-state index is 0.0118. The maximum atomic E-state index is 12.7. The second-order valence-corrected chi connectivity index (χ2v) is 7.50. The zero-order chi connectivity index (χ0) is 19.1. The number of carbonyl (C=O) groups excluding carboxylic acids is 3. The van der Waals surface area contributed by atoms with Gasteiger partial charge in [-0.25, -0.2) is 0 Å². The lowest BCUT2D eigenvalue weighted by Crippen LogP contribution is -2.42. The minimum atomic E-state index is -0.362. The van der Waals surface area contributed by atoms with Gasteiger partial charge in [0, 0.05) is 13.1 Å². The molecule has 138 valence electrons. The van der Waals surface area contributed by atoms with Crippen molar-refractivity contribution in [2.24, 2.45) is 0 Å². The average molecular weight is 383 g/mol. The Morgan fingerprint density at radius 3 is 2.67 bits per heavy atom. The lowest BCUT2D eigenvalue weighted by Gasteiger charge is -2.22. The van der Waals surface area contributed by atoms with Crippen LogP contribution < -0.4 is 0 Å². The lowest BCUT2D eigenvalue weighted by molar-refractivity contribution is -0.129. The van der Waals surface area contributed by atoms with Gasteiger partial charge in [-0.2, -0.15) is 0 Å². The number of carbonyl (C=O) groups is 3. The fourth-order valence-electron chi connectivity index (χ4n) is 3.88. The average Bonchev–Trinajstić information content (AvgIpc) is 3.19. The van der Waals surface area contributed by atoms with Crippen molar-refractivity contribution in [2.75, 3.05) is 13.1 Å². The highest BCUT2D eigenvalue weighted by molar-refractivity contribution is 6.37. The van der Waals surface area contributed by atoms with Crippen molar-refractivity contribution in [3.8, 4) is 0 Å². The minimum Gasteiger partial charge on any atom is -0.340 e. The number of amides is 3. The monoisotopic (exact) mass is 382 g/mol. The summed E-state index contributed by atoms with van der Waals surface area (Å²) in [5, 5.41) is 0.290. The van der Waals surface area contributed by atoms with Crippen molar-refractivity contribution >= 4 is 29.3 Å². The molecule has 2 aliphatic heterocycles. The number of hydrogen-bond acceptors (Lipinski definition) is 3. The highest BCUT2D eigenvalue weighted by Crippen LogP contribution is 2.32. The van der Waals surface area contributed by atoms with E-state index in [1.807, 2.05) is 31.2 Å². The van der Waals surface area contributed by atoms with Crippen LogP contribution in [0.4, 0.5) is 0 Å². The summed E-state index contributed by atoms with van der Waals surface area (Å²) in [4.78, 5) is 41.1. The fourth-order valence-corrected chi connectivity index (χ4v) is 4.14. The van der Waals surface area contributed by atoms with Crippen molar-refractivity contribution in [1.29, 1.82) is 0 Å². The van der Waals surface area contributed by atoms with E-state index in [4.69, 9.17) is 11.6 Å². The second kappa shape index (κ2) is 6.82. The van der Waals surface area contributed by atoms with Crippen LogP contribution in [-0.2, 0) is 11.2 Å². The topological polar surface area (TPSA) is 57.7 Å². The predicted octanol–water partition coefficient (Wildman–Crippen LogP) is 3.09. The van der Waals surface area contributed by atoms with E-state index >= 15 is 0 Å². The van der Waals surface area contributed by atoms with Gasteiger partial charge >= 0.3 is 0 Å². The molecule has 3 amide bonds. The van der Waals surface area contributed by atoms with Crippen molar-refractivity contribution in [1.82, 2.24) is 9.80 Å². The van der Waals surface area contributed by atoms with E-state index in [0.717, 1.165) is 11.1 Å². The third-order valence-corrected chi connectivity index (χ3v) is 5.53. The van der Waals surface area contributed by atoms with E-state index < -0.39 is 0 Å². The molecule has 4 rings (SSSR count). The Bertz CT molecular complexity index is 956. The Hall–Kier alpha value is -2.66. The van der Waals surface area contributed by atoms with Crippen LogP contribution >= 0.6 is 11.6 Å². The van der Waals surface area contributed by atoms with Crippen LogP contribution in [0.2, 0.25) is 5.02 Å². The summed E-state index contributed by atoms with van der Waals surface area (Å²) in [5.41, 5.74) is 2.70. The predicted molar refractivity (Wildman–Crippen MR) is 102 cm³/mol. The van der Waals surface area contributed by atoms with Crippen LogP contribution in [0.5, 0.6) is 0 Å². The Labute approximate surface area is 162 Å². The number of imide groups is 1. The van der Waals surface area contributed by atoms with Gasteiger partial charge < -0.3 is 4.90 Å². The van der Waals surface area contributed by atoms with Gasteiger partial charge in [0.1, 0.15) is 0 Å². The molecule has 2 heterocycles. The number of aryl methyl sites for hydroxylation is 1. The van der Waals surface area contributed by atoms with E-state index in [0.29, 0.717) is 36.5 Å². The zero-order valence-electron chi connectivity index (χ0n) is 14.9. The SMILES string of the molecule is Cc1cccc(CC(=O)N2CCC(N3C(=O)c4cccc(Cl)c4C3=O)C2)c1. The van der Waals surface area contributed by atoms with Gasteiger partial charge in [0.2, 0.25) is 5.91 Å². The van der Waals surface area contributed by atoms with Crippen molar-refractivity contribution in [3.05, 3.63) is 69.7 Å². The summed E-state index contributed by atoms with van der Waals surface area (Å²) in [7, 11) is 0. The number of rotatable bonds is 3. The number of fused-ring (bicyclic) bond motifs is 1. The van der Waals surface area contributed by atoms with Crippen LogP contribution in [0, 0.1) is 6.92 Å². The van der Waals surface area contributed by atoms with Crippen molar-refractivity contribution in [2.45, 2.75) is 25.8 Å². The number of benzene rings is 2. The molecule has 0 aliphatic carbocycles. The first-order chi connectivity index (χ1) is 13.0. The molecule has 0 spiro atoms. The first-order valence-electron chi connectivity index (χ1n) is 8.95. The molecule has 0 bridgehead atoms. The Kier molecular flexibility index (Phi) is 4.48. The Morgan fingerprint density at radius 2 is 1.93 bits per heavy atom. The molecule has 1 fully saturated rings. The highest BCUT2D eigenvalue weighted by Gasteiger charge is 2.43. The molecule has 0 radical (unpaired) electrons. The number of hydrogen-bond donors (Lipinski definition) is 0. The molecule has 1 saturated heterocycles. The number of nitrogens with zero attached hydrogens (tertiary/aromatic N) is 2. The molecule has 1 unspecified atom stereocenters. The van der Waals surface area contributed by atoms with Crippen LogP contribution in [0.3, 0.4) is 0 Å². The summed E-state index contributed by atoms with van der Waals surface area (Å²) in [6.45, 7) is 2.90. The van der Waals surface area contributed by atoms with Gasteiger partial charge in [-0.1, -0.05) is 47.5 Å². The first-order valence-corrected chi connectivity index (χ1v) is 9.33. The quantitative estimate of drug-likeness (QED) is 0.766. The summed E-state index contributed by atoms with van der Waals surface area (Å²) < 4.78 is 0. The van der Waals surface area contributed by atoms with Crippen LogP contribution in [-0.4, -0.2) is 46.7 Å². The van der Waals surface area contributed by atoms with E-state index in [2.05, 4.69) is 0 Å². The van der Waals surface area contributed by atoms with E-state index in [1.54, 1.807) is 23.1 Å². The normalized spacial score (nSPS) is 19.0.